The van der Waals surface area contributed by atoms with E-state index in [4.69, 9.17) is 0 Å². The van der Waals surface area contributed by atoms with Crippen molar-refractivity contribution in [3.8, 4) is 0 Å². The summed E-state index contributed by atoms with van der Waals surface area (Å²) in [5, 5.41) is 2.37. The van der Waals surface area contributed by atoms with Crippen molar-refractivity contribution in [2.24, 2.45) is 5.92 Å². The average Bonchev–Trinajstić information content (AvgIpc) is 2.70. The Labute approximate surface area is 175 Å². The second-order valence-corrected chi connectivity index (χ2v) is 8.21. The lowest BCUT2D eigenvalue weighted by molar-refractivity contribution is -0.137. The predicted octanol–water partition coefficient (Wildman–Crippen LogP) is 2.52. The molecule has 0 aliphatic carbocycles. The number of piperazine rings is 1. The molecule has 0 radical (unpaired) electrons. The highest BCUT2D eigenvalue weighted by Crippen LogP contribution is 2.34. The van der Waals surface area contributed by atoms with Crippen LogP contribution in [-0.4, -0.2) is 78.9 Å². The van der Waals surface area contributed by atoms with Crippen LogP contribution in [-0.2, 0) is 15.8 Å². The fourth-order valence-corrected chi connectivity index (χ4v) is 3.90. The summed E-state index contributed by atoms with van der Waals surface area (Å²) in [6.07, 6.45) is -2.29. The van der Waals surface area contributed by atoms with Crippen molar-refractivity contribution in [2.45, 2.75) is 25.9 Å². The van der Waals surface area contributed by atoms with E-state index in [2.05, 4.69) is 17.1 Å². The molecule has 0 atom stereocenters. The quantitative estimate of drug-likeness (QED) is 0.786. The first-order valence-corrected chi connectivity index (χ1v) is 10.4. The highest BCUT2D eigenvalue weighted by atomic mass is 19.4. The van der Waals surface area contributed by atoms with Gasteiger partial charge in [0.15, 0.2) is 0 Å². The SMILES string of the molecule is CC1CCN(CC(=O)N2CCN(CC(=O)Nc3ccccc3C(F)(F)F)CC2)CC1. The van der Waals surface area contributed by atoms with Crippen LogP contribution in [0.3, 0.4) is 0 Å². The third-order valence-electron chi connectivity index (χ3n) is 5.83. The van der Waals surface area contributed by atoms with Crippen LogP contribution in [0.15, 0.2) is 24.3 Å². The summed E-state index contributed by atoms with van der Waals surface area (Å²) < 4.78 is 39.2. The topological polar surface area (TPSA) is 55.9 Å². The van der Waals surface area contributed by atoms with Crippen molar-refractivity contribution >= 4 is 17.5 Å². The number of hydrogen-bond acceptors (Lipinski definition) is 4. The van der Waals surface area contributed by atoms with Gasteiger partial charge in [-0.15, -0.1) is 0 Å². The van der Waals surface area contributed by atoms with E-state index in [9.17, 15) is 22.8 Å². The molecule has 6 nitrogen and oxygen atoms in total. The first kappa shape index (κ1) is 22.6. The Kier molecular flexibility index (Phi) is 7.36. The number of nitrogens with zero attached hydrogens (tertiary/aromatic N) is 3. The second-order valence-electron chi connectivity index (χ2n) is 8.21. The number of anilines is 1. The monoisotopic (exact) mass is 426 g/mol. The number of carbonyl (C=O) groups is 2. The van der Waals surface area contributed by atoms with E-state index in [0.29, 0.717) is 38.6 Å². The van der Waals surface area contributed by atoms with E-state index in [1.54, 1.807) is 0 Å². The summed E-state index contributed by atoms with van der Waals surface area (Å²) in [6.45, 7) is 6.66. The van der Waals surface area contributed by atoms with E-state index < -0.39 is 17.6 Å². The number of piperidine rings is 1. The van der Waals surface area contributed by atoms with Crippen molar-refractivity contribution in [1.82, 2.24) is 14.7 Å². The zero-order valence-electron chi connectivity index (χ0n) is 17.2. The van der Waals surface area contributed by atoms with Crippen molar-refractivity contribution in [2.75, 3.05) is 57.7 Å². The Morgan fingerprint density at radius 1 is 0.967 bits per heavy atom. The van der Waals surface area contributed by atoms with Crippen LogP contribution in [0, 0.1) is 5.92 Å². The Bertz CT molecular complexity index is 740. The van der Waals surface area contributed by atoms with Gasteiger partial charge in [0.2, 0.25) is 11.8 Å². The maximum Gasteiger partial charge on any atom is 0.418 e. The predicted molar refractivity (Wildman–Crippen MR) is 108 cm³/mol. The van der Waals surface area contributed by atoms with Gasteiger partial charge in [-0.25, -0.2) is 0 Å². The molecule has 3 rings (SSSR count). The Morgan fingerprint density at radius 2 is 1.57 bits per heavy atom. The molecule has 2 heterocycles. The summed E-state index contributed by atoms with van der Waals surface area (Å²) >= 11 is 0. The van der Waals surface area contributed by atoms with Crippen LogP contribution >= 0.6 is 0 Å². The van der Waals surface area contributed by atoms with Crippen molar-refractivity contribution < 1.29 is 22.8 Å². The molecule has 0 unspecified atom stereocenters. The molecule has 2 amide bonds. The van der Waals surface area contributed by atoms with Gasteiger partial charge in [-0.3, -0.25) is 19.4 Å². The number of likely N-dealkylation sites (tertiary alicyclic amines) is 1. The molecule has 2 aliphatic heterocycles. The number of carbonyl (C=O) groups excluding carboxylic acids is 2. The summed E-state index contributed by atoms with van der Waals surface area (Å²) in [5.74, 6) is 0.329. The van der Waals surface area contributed by atoms with Crippen LogP contribution in [0.4, 0.5) is 18.9 Å². The van der Waals surface area contributed by atoms with Gasteiger partial charge < -0.3 is 10.2 Å². The first-order valence-electron chi connectivity index (χ1n) is 10.4. The Hall–Kier alpha value is -2.13. The molecular weight excluding hydrogens is 397 g/mol. The van der Waals surface area contributed by atoms with Gasteiger partial charge in [0.25, 0.3) is 0 Å². The Morgan fingerprint density at radius 3 is 2.20 bits per heavy atom. The van der Waals surface area contributed by atoms with E-state index in [0.717, 1.165) is 32.0 Å². The van der Waals surface area contributed by atoms with Crippen LogP contribution in [0.5, 0.6) is 0 Å². The molecule has 0 aromatic heterocycles. The Balaban J connectivity index is 1.43. The molecular formula is C21H29F3N4O2. The van der Waals surface area contributed by atoms with Gasteiger partial charge in [-0.2, -0.15) is 13.2 Å². The minimum absolute atomic E-state index is 0.00175. The van der Waals surface area contributed by atoms with Gasteiger partial charge >= 0.3 is 6.18 Å². The third-order valence-corrected chi connectivity index (χ3v) is 5.83. The summed E-state index contributed by atoms with van der Waals surface area (Å²) in [5.41, 5.74) is -1.10. The fourth-order valence-electron chi connectivity index (χ4n) is 3.90. The van der Waals surface area contributed by atoms with E-state index in [-0.39, 0.29) is 18.1 Å². The number of benzene rings is 1. The second kappa shape index (κ2) is 9.78. The summed E-state index contributed by atoms with van der Waals surface area (Å²) in [6, 6.07) is 4.94. The largest absolute Gasteiger partial charge is 0.418 e. The van der Waals surface area contributed by atoms with Gasteiger partial charge in [0.1, 0.15) is 0 Å². The number of rotatable bonds is 5. The number of amides is 2. The fraction of sp³-hybridized carbons (Fsp3) is 0.619. The molecule has 2 aliphatic rings. The van der Waals surface area contributed by atoms with Crippen LogP contribution < -0.4 is 5.32 Å². The van der Waals surface area contributed by atoms with Crippen molar-refractivity contribution in [1.29, 1.82) is 0 Å². The van der Waals surface area contributed by atoms with Gasteiger partial charge in [-0.05, 0) is 44.0 Å². The van der Waals surface area contributed by atoms with Crippen molar-refractivity contribution in [3.05, 3.63) is 29.8 Å². The molecule has 0 bridgehead atoms. The van der Waals surface area contributed by atoms with E-state index in [1.807, 2.05) is 9.80 Å². The van der Waals surface area contributed by atoms with Gasteiger partial charge in [0, 0.05) is 26.2 Å². The smallest absolute Gasteiger partial charge is 0.339 e. The zero-order chi connectivity index (χ0) is 21.7. The summed E-state index contributed by atoms with van der Waals surface area (Å²) in [7, 11) is 0. The lowest BCUT2D eigenvalue weighted by Crippen LogP contribution is -2.53. The van der Waals surface area contributed by atoms with Crippen molar-refractivity contribution in [3.63, 3.8) is 0 Å². The normalized spacial score (nSPS) is 19.7. The van der Waals surface area contributed by atoms with Gasteiger partial charge in [0.05, 0.1) is 24.3 Å². The van der Waals surface area contributed by atoms with E-state index in [1.165, 1.54) is 18.2 Å². The zero-order valence-corrected chi connectivity index (χ0v) is 17.2. The molecule has 30 heavy (non-hydrogen) atoms. The molecule has 2 fully saturated rings. The number of nitrogens with one attached hydrogen (secondary N) is 1. The molecule has 1 aromatic rings. The highest BCUT2D eigenvalue weighted by Gasteiger charge is 2.33. The molecule has 2 saturated heterocycles. The highest BCUT2D eigenvalue weighted by molar-refractivity contribution is 5.93. The molecule has 1 aromatic carbocycles. The number of alkyl halides is 3. The van der Waals surface area contributed by atoms with Crippen LogP contribution in [0.1, 0.15) is 25.3 Å². The number of para-hydroxylation sites is 1. The minimum Gasteiger partial charge on any atom is -0.339 e. The van der Waals surface area contributed by atoms with E-state index >= 15 is 0 Å². The van der Waals surface area contributed by atoms with Crippen LogP contribution in [0.25, 0.3) is 0 Å². The molecule has 1 N–H and O–H groups in total. The first-order chi connectivity index (χ1) is 14.2. The number of halogens is 3. The number of hydrogen-bond donors (Lipinski definition) is 1. The molecule has 9 heteroatoms. The third kappa shape index (κ3) is 6.18. The average molecular weight is 426 g/mol. The summed E-state index contributed by atoms with van der Waals surface area (Å²) in [4.78, 5) is 30.7. The maximum atomic E-state index is 13.1. The maximum absolute atomic E-state index is 13.1. The standard InChI is InChI=1S/C21H29F3N4O2/c1-16-6-8-26(9-7-16)15-20(30)28-12-10-27(11-13-28)14-19(29)25-18-5-3-2-4-17(18)21(22,23)24/h2-5,16H,6-15H2,1H3,(H,25,29). The molecule has 0 saturated carbocycles. The lowest BCUT2D eigenvalue weighted by atomic mass is 9.99. The minimum atomic E-state index is -4.53. The molecule has 0 spiro atoms. The lowest BCUT2D eigenvalue weighted by Gasteiger charge is -2.36. The molecule has 166 valence electrons. The van der Waals surface area contributed by atoms with Gasteiger partial charge in [-0.1, -0.05) is 19.1 Å². The van der Waals surface area contributed by atoms with Crippen LogP contribution in [0.2, 0.25) is 0 Å².